The van der Waals surface area contributed by atoms with Gasteiger partial charge in [0.2, 0.25) is 5.91 Å². The fraction of sp³-hybridized carbons (Fsp3) is 0.455. The number of rotatable bonds is 6. The predicted octanol–water partition coefficient (Wildman–Crippen LogP) is -0.549. The summed E-state index contributed by atoms with van der Waals surface area (Å²) in [6.45, 7) is 3.04. The van der Waals surface area contributed by atoms with Crippen LogP contribution in [0.2, 0.25) is 0 Å². The van der Waals surface area contributed by atoms with Crippen molar-refractivity contribution in [3.63, 3.8) is 0 Å². The number of hydrogen-bond acceptors (Lipinski definition) is 5. The van der Waals surface area contributed by atoms with Gasteiger partial charge in [-0.05, 0) is 20.0 Å². The topological polar surface area (TPSA) is 101 Å². The lowest BCUT2D eigenvalue weighted by Gasteiger charge is -2.15. The highest BCUT2D eigenvalue weighted by atomic mass is 16.3. The van der Waals surface area contributed by atoms with Gasteiger partial charge in [0.15, 0.2) is 0 Å². The molecule has 0 aliphatic heterocycles. The molecule has 0 spiro atoms. The van der Waals surface area contributed by atoms with Gasteiger partial charge in [0, 0.05) is 6.54 Å². The van der Waals surface area contributed by atoms with Crippen molar-refractivity contribution in [3.05, 3.63) is 23.7 Å². The maximum absolute atomic E-state index is 11.4. The zero-order chi connectivity index (χ0) is 13.5. The van der Waals surface area contributed by atoms with Gasteiger partial charge in [0.25, 0.3) is 5.91 Å². The molecule has 0 aliphatic carbocycles. The van der Waals surface area contributed by atoms with E-state index in [4.69, 9.17) is 10.3 Å². The zero-order valence-electron chi connectivity index (χ0n) is 10.5. The molecular formula is C11H18N4O3. The standard InChI is InChI=1S/C11H18N4O3/c1-3-13-10(16)7-15(2)6-9-8(4-5-18-9)11(17)14-12/h4-5H,3,6-7,12H2,1-2H3,(H,13,16)(H,14,17). The Hall–Kier alpha value is -1.86. The van der Waals surface area contributed by atoms with Gasteiger partial charge in [-0.15, -0.1) is 0 Å². The van der Waals surface area contributed by atoms with Crippen molar-refractivity contribution < 1.29 is 14.0 Å². The molecule has 1 rings (SSSR count). The first-order valence-corrected chi connectivity index (χ1v) is 5.61. The Kier molecular flexibility index (Phi) is 5.34. The van der Waals surface area contributed by atoms with Crippen molar-refractivity contribution in [2.45, 2.75) is 13.5 Å². The largest absolute Gasteiger partial charge is 0.467 e. The molecule has 2 amide bonds. The molecule has 1 heterocycles. The van der Waals surface area contributed by atoms with Gasteiger partial charge in [-0.3, -0.25) is 19.9 Å². The maximum Gasteiger partial charge on any atom is 0.268 e. The zero-order valence-corrected chi connectivity index (χ0v) is 10.5. The van der Waals surface area contributed by atoms with Crippen LogP contribution in [0.3, 0.4) is 0 Å². The Labute approximate surface area is 105 Å². The minimum Gasteiger partial charge on any atom is -0.467 e. The SMILES string of the molecule is CCNC(=O)CN(C)Cc1occc1C(=O)NN. The summed E-state index contributed by atoms with van der Waals surface area (Å²) in [5, 5.41) is 2.69. The van der Waals surface area contributed by atoms with E-state index in [2.05, 4.69) is 5.32 Å². The van der Waals surface area contributed by atoms with Crippen molar-refractivity contribution in [3.8, 4) is 0 Å². The third-order valence-electron chi connectivity index (χ3n) is 2.32. The Bertz CT molecular complexity index is 416. The van der Waals surface area contributed by atoms with Gasteiger partial charge in [0.05, 0.1) is 24.9 Å². The molecule has 0 unspecified atom stereocenters. The Morgan fingerprint density at radius 3 is 2.83 bits per heavy atom. The highest BCUT2D eigenvalue weighted by Crippen LogP contribution is 2.12. The number of nitrogen functional groups attached to an aromatic ring is 1. The van der Waals surface area contributed by atoms with Gasteiger partial charge in [-0.25, -0.2) is 5.84 Å². The van der Waals surface area contributed by atoms with Crippen LogP contribution in [0.15, 0.2) is 16.7 Å². The molecule has 0 aliphatic rings. The summed E-state index contributed by atoms with van der Waals surface area (Å²) in [7, 11) is 1.77. The lowest BCUT2D eigenvalue weighted by Crippen LogP contribution is -2.35. The lowest BCUT2D eigenvalue weighted by molar-refractivity contribution is -0.122. The lowest BCUT2D eigenvalue weighted by atomic mass is 10.2. The highest BCUT2D eigenvalue weighted by molar-refractivity contribution is 5.94. The number of carbonyl (C=O) groups excluding carboxylic acids is 2. The number of furan rings is 1. The van der Waals surface area contributed by atoms with E-state index in [1.165, 1.54) is 12.3 Å². The summed E-state index contributed by atoms with van der Waals surface area (Å²) in [5.74, 6) is 5.06. The molecule has 0 saturated carbocycles. The van der Waals surface area contributed by atoms with Crippen molar-refractivity contribution in [2.75, 3.05) is 20.1 Å². The van der Waals surface area contributed by atoms with Crippen LogP contribution in [-0.2, 0) is 11.3 Å². The monoisotopic (exact) mass is 254 g/mol. The first-order chi connectivity index (χ1) is 8.58. The van der Waals surface area contributed by atoms with Gasteiger partial charge in [-0.1, -0.05) is 0 Å². The number of carbonyl (C=O) groups is 2. The van der Waals surface area contributed by atoms with Crippen LogP contribution in [0.1, 0.15) is 23.0 Å². The molecule has 0 fully saturated rings. The molecule has 0 saturated heterocycles. The fourth-order valence-electron chi connectivity index (χ4n) is 1.54. The molecule has 0 bridgehead atoms. The van der Waals surface area contributed by atoms with E-state index >= 15 is 0 Å². The molecule has 0 atom stereocenters. The van der Waals surface area contributed by atoms with Gasteiger partial charge < -0.3 is 9.73 Å². The molecule has 0 aromatic carbocycles. The molecule has 7 heteroatoms. The first-order valence-electron chi connectivity index (χ1n) is 5.61. The first kappa shape index (κ1) is 14.2. The van der Waals surface area contributed by atoms with E-state index in [0.717, 1.165) is 0 Å². The average Bonchev–Trinajstić information content (AvgIpc) is 2.76. The van der Waals surface area contributed by atoms with E-state index < -0.39 is 5.91 Å². The molecule has 1 aromatic heterocycles. The highest BCUT2D eigenvalue weighted by Gasteiger charge is 2.16. The number of likely N-dealkylation sites (N-methyl/N-ethyl adjacent to an activating group) is 2. The summed E-state index contributed by atoms with van der Waals surface area (Å²) < 4.78 is 5.21. The Morgan fingerprint density at radius 2 is 2.22 bits per heavy atom. The second kappa shape index (κ2) is 6.77. The third kappa shape index (κ3) is 3.86. The number of amides is 2. The van der Waals surface area contributed by atoms with Gasteiger partial charge in [0.1, 0.15) is 5.76 Å². The number of hydrazine groups is 1. The molecule has 100 valence electrons. The summed E-state index contributed by atoms with van der Waals surface area (Å²) in [5.41, 5.74) is 2.42. The van der Waals surface area contributed by atoms with E-state index in [0.29, 0.717) is 24.4 Å². The quantitative estimate of drug-likeness (QED) is 0.359. The minimum atomic E-state index is -0.412. The van der Waals surface area contributed by atoms with Gasteiger partial charge in [-0.2, -0.15) is 0 Å². The maximum atomic E-state index is 11.4. The van der Waals surface area contributed by atoms with Crippen LogP contribution in [0.25, 0.3) is 0 Å². The van der Waals surface area contributed by atoms with E-state index in [1.54, 1.807) is 11.9 Å². The van der Waals surface area contributed by atoms with Gasteiger partial charge >= 0.3 is 0 Å². The summed E-state index contributed by atoms with van der Waals surface area (Å²) in [6, 6.07) is 1.54. The van der Waals surface area contributed by atoms with Crippen LogP contribution in [0, 0.1) is 0 Å². The van der Waals surface area contributed by atoms with Crippen LogP contribution in [0.5, 0.6) is 0 Å². The van der Waals surface area contributed by atoms with Crippen LogP contribution in [-0.4, -0.2) is 36.9 Å². The Balaban J connectivity index is 2.59. The number of nitrogens with one attached hydrogen (secondary N) is 2. The van der Waals surface area contributed by atoms with Crippen molar-refractivity contribution in [1.82, 2.24) is 15.6 Å². The summed E-state index contributed by atoms with van der Waals surface area (Å²) in [6.07, 6.45) is 1.42. The molecule has 1 aromatic rings. The third-order valence-corrected chi connectivity index (χ3v) is 2.32. The normalized spacial score (nSPS) is 10.4. The number of hydrogen-bond donors (Lipinski definition) is 3. The Morgan fingerprint density at radius 1 is 1.50 bits per heavy atom. The van der Waals surface area contributed by atoms with E-state index in [1.807, 2.05) is 12.3 Å². The van der Waals surface area contributed by atoms with Crippen molar-refractivity contribution >= 4 is 11.8 Å². The molecule has 0 radical (unpaired) electrons. The molecular weight excluding hydrogens is 236 g/mol. The summed E-state index contributed by atoms with van der Waals surface area (Å²) >= 11 is 0. The molecule has 4 N–H and O–H groups in total. The smallest absolute Gasteiger partial charge is 0.268 e. The van der Waals surface area contributed by atoms with Crippen molar-refractivity contribution in [1.29, 1.82) is 0 Å². The van der Waals surface area contributed by atoms with E-state index in [-0.39, 0.29) is 12.5 Å². The van der Waals surface area contributed by atoms with Crippen molar-refractivity contribution in [2.24, 2.45) is 5.84 Å². The van der Waals surface area contributed by atoms with Crippen LogP contribution >= 0.6 is 0 Å². The van der Waals surface area contributed by atoms with Crippen LogP contribution < -0.4 is 16.6 Å². The minimum absolute atomic E-state index is 0.0728. The molecule has 18 heavy (non-hydrogen) atoms. The fourth-order valence-corrected chi connectivity index (χ4v) is 1.54. The number of nitrogens with two attached hydrogens (primary N) is 1. The predicted molar refractivity (Wildman–Crippen MR) is 65.4 cm³/mol. The van der Waals surface area contributed by atoms with E-state index in [9.17, 15) is 9.59 Å². The second-order valence-corrected chi connectivity index (χ2v) is 3.86. The summed E-state index contributed by atoms with van der Waals surface area (Å²) in [4.78, 5) is 24.5. The average molecular weight is 254 g/mol. The van der Waals surface area contributed by atoms with Crippen LogP contribution in [0.4, 0.5) is 0 Å². The number of nitrogens with zero attached hydrogens (tertiary/aromatic N) is 1. The second-order valence-electron chi connectivity index (χ2n) is 3.86. The molecule has 7 nitrogen and oxygen atoms in total.